The van der Waals surface area contributed by atoms with Gasteiger partial charge in [-0.3, -0.25) is 5.48 Å². The minimum absolute atomic E-state index is 0.0875. The fraction of sp³-hybridized carbons (Fsp3) is 0.833. The molecule has 5 rings (SSSR count). The van der Waals surface area contributed by atoms with Crippen LogP contribution in [0.5, 0.6) is 0 Å². The number of nitrogens with zero attached hydrogens (tertiary/aromatic N) is 2. The van der Waals surface area contributed by atoms with Gasteiger partial charge in [0.2, 0.25) is 0 Å². The fourth-order valence-corrected chi connectivity index (χ4v) is 7.44. The van der Waals surface area contributed by atoms with E-state index in [2.05, 4.69) is 35.6 Å². The van der Waals surface area contributed by atoms with Gasteiger partial charge in [0, 0.05) is 6.42 Å². The van der Waals surface area contributed by atoms with Gasteiger partial charge in [-0.1, -0.05) is 24.6 Å². The van der Waals surface area contributed by atoms with Crippen molar-refractivity contribution in [1.29, 1.82) is 0 Å². The van der Waals surface area contributed by atoms with Gasteiger partial charge in [-0.2, -0.15) is 0 Å². The number of amidine groups is 1. The van der Waals surface area contributed by atoms with Gasteiger partial charge in [-0.15, -0.1) is 0 Å². The third-order valence-electron chi connectivity index (χ3n) is 9.25. The number of rotatable bonds is 4. The number of hydrogen-bond donors (Lipinski definition) is 2. The van der Waals surface area contributed by atoms with Gasteiger partial charge in [-0.25, -0.2) is 9.83 Å². The first-order valence-electron chi connectivity index (χ1n) is 11.9. The van der Waals surface area contributed by atoms with E-state index in [1.165, 1.54) is 38.5 Å². The Hall–Kier alpha value is -1.40. The second kappa shape index (κ2) is 7.63. The molecule has 6 heteroatoms. The molecule has 0 saturated heterocycles. The Bertz CT molecular complexity index is 778. The Kier molecular flexibility index (Phi) is 5.21. The maximum Gasteiger partial charge on any atom is 0.180 e. The molecular weight excluding hydrogens is 378 g/mol. The van der Waals surface area contributed by atoms with E-state index in [0.717, 1.165) is 36.2 Å². The molecule has 0 amide bonds. The Morgan fingerprint density at radius 3 is 2.87 bits per heavy atom. The Balaban J connectivity index is 1.24. The molecule has 0 bridgehead atoms. The summed E-state index contributed by atoms with van der Waals surface area (Å²) in [6.07, 6.45) is 12.1. The lowest BCUT2D eigenvalue weighted by Crippen LogP contribution is -2.51. The quantitative estimate of drug-likeness (QED) is 0.529. The first-order chi connectivity index (χ1) is 14.4. The maximum absolute atomic E-state index is 10.6. The Morgan fingerprint density at radius 1 is 1.20 bits per heavy atom. The summed E-state index contributed by atoms with van der Waals surface area (Å²) in [6, 6.07) is 0. The highest BCUT2D eigenvalue weighted by Crippen LogP contribution is 2.65. The largest absolute Gasteiger partial charge is 0.395 e. The zero-order valence-electron chi connectivity index (χ0n) is 18.7. The van der Waals surface area contributed by atoms with Crippen molar-refractivity contribution >= 4 is 11.5 Å². The zero-order chi connectivity index (χ0) is 20.9. The van der Waals surface area contributed by atoms with Crippen LogP contribution in [0.3, 0.4) is 0 Å². The average Bonchev–Trinajstić information content (AvgIpc) is 3.28. The molecule has 7 atom stereocenters. The molecule has 0 aromatic carbocycles. The van der Waals surface area contributed by atoms with Crippen LogP contribution >= 0.6 is 0 Å². The van der Waals surface area contributed by atoms with E-state index in [0.29, 0.717) is 24.4 Å². The summed E-state index contributed by atoms with van der Waals surface area (Å²) in [6.45, 7) is 7.27. The third-order valence-corrected chi connectivity index (χ3v) is 9.25. The third kappa shape index (κ3) is 3.31. The summed E-state index contributed by atoms with van der Waals surface area (Å²) in [7, 11) is 0. The molecular formula is C24H37N3O3. The predicted octanol–water partition coefficient (Wildman–Crippen LogP) is 4.35. The van der Waals surface area contributed by atoms with E-state index in [-0.39, 0.29) is 17.7 Å². The normalized spacial score (nSPS) is 46.4. The smallest absolute Gasteiger partial charge is 0.180 e. The molecule has 30 heavy (non-hydrogen) atoms. The van der Waals surface area contributed by atoms with Gasteiger partial charge >= 0.3 is 0 Å². The predicted molar refractivity (Wildman–Crippen MR) is 117 cm³/mol. The fourth-order valence-electron chi connectivity index (χ4n) is 7.44. The van der Waals surface area contributed by atoms with Crippen molar-refractivity contribution < 1.29 is 14.8 Å². The number of hydroxylamine groups is 1. The lowest BCUT2D eigenvalue weighted by atomic mass is 9.47. The number of fused-ring (bicyclic) bond motifs is 5. The lowest BCUT2D eigenvalue weighted by molar-refractivity contribution is -0.0722. The van der Waals surface area contributed by atoms with Crippen molar-refractivity contribution in [3.63, 3.8) is 0 Å². The van der Waals surface area contributed by atoms with Crippen LogP contribution in [-0.2, 0) is 9.68 Å². The number of hydrogen-bond acceptors (Lipinski definition) is 6. The lowest BCUT2D eigenvalue weighted by Gasteiger charge is -2.57. The van der Waals surface area contributed by atoms with Crippen molar-refractivity contribution in [3.05, 3.63) is 11.6 Å². The van der Waals surface area contributed by atoms with Gasteiger partial charge in [0.05, 0.1) is 11.8 Å². The van der Waals surface area contributed by atoms with Gasteiger partial charge in [0.25, 0.3) is 0 Å². The number of allylic oxidation sites excluding steroid dienone is 2. The number of aliphatic hydroxyl groups is 1. The van der Waals surface area contributed by atoms with Crippen molar-refractivity contribution in [2.24, 2.45) is 38.7 Å². The van der Waals surface area contributed by atoms with E-state index in [4.69, 9.17) is 9.68 Å². The minimum Gasteiger partial charge on any atom is -0.395 e. The summed E-state index contributed by atoms with van der Waals surface area (Å²) in [5, 5.41) is 15.1. The van der Waals surface area contributed by atoms with Crippen LogP contribution in [0.1, 0.15) is 78.6 Å². The summed E-state index contributed by atoms with van der Waals surface area (Å²) in [5.41, 5.74) is 5.90. The second-order valence-corrected chi connectivity index (χ2v) is 10.7. The number of aliphatic hydroxyl groups excluding tert-OH is 1. The molecule has 2 N–H and O–H groups in total. The van der Waals surface area contributed by atoms with E-state index in [1.54, 1.807) is 5.57 Å². The highest BCUT2D eigenvalue weighted by atomic mass is 16.7. The summed E-state index contributed by atoms with van der Waals surface area (Å²) < 4.78 is 0. The summed E-state index contributed by atoms with van der Waals surface area (Å²) >= 11 is 0. The number of aliphatic imine (C=N–C) groups is 1. The van der Waals surface area contributed by atoms with Crippen molar-refractivity contribution in [3.8, 4) is 0 Å². The van der Waals surface area contributed by atoms with E-state index in [9.17, 15) is 5.11 Å². The van der Waals surface area contributed by atoms with Crippen LogP contribution in [0.15, 0.2) is 21.8 Å². The molecule has 3 saturated carbocycles. The Labute approximate surface area is 180 Å². The molecule has 4 aliphatic carbocycles. The first kappa shape index (κ1) is 20.5. The molecule has 0 aromatic rings. The standard InChI is InChI=1S/C24H37N3O3/c1-15-25-22(30-26-15)10-13-29-27-17-8-11-23(2)16(14-17)4-5-18-19-6-7-21(28)24(19,3)12-9-20(18)23/h14,18-22,28H,4-13H2,1-3H3,(H,25,26). The molecule has 6 nitrogen and oxygen atoms in total. The van der Waals surface area contributed by atoms with Gasteiger partial charge < -0.3 is 9.94 Å². The average molecular weight is 416 g/mol. The van der Waals surface area contributed by atoms with Gasteiger partial charge in [0.1, 0.15) is 12.4 Å². The maximum atomic E-state index is 10.6. The van der Waals surface area contributed by atoms with Crippen molar-refractivity contribution in [2.75, 3.05) is 6.61 Å². The van der Waals surface area contributed by atoms with Crippen LogP contribution in [0.2, 0.25) is 0 Å². The molecule has 166 valence electrons. The molecule has 1 heterocycles. The first-order valence-corrected chi connectivity index (χ1v) is 11.9. The molecule has 5 aliphatic rings. The van der Waals surface area contributed by atoms with Gasteiger partial charge in [-0.05, 0) is 93.0 Å². The van der Waals surface area contributed by atoms with Crippen LogP contribution in [0, 0.1) is 28.6 Å². The van der Waals surface area contributed by atoms with Crippen LogP contribution < -0.4 is 5.48 Å². The van der Waals surface area contributed by atoms with Crippen molar-refractivity contribution in [1.82, 2.24) is 5.48 Å². The van der Waals surface area contributed by atoms with E-state index >= 15 is 0 Å². The molecule has 0 aromatic heterocycles. The van der Waals surface area contributed by atoms with Crippen molar-refractivity contribution in [2.45, 2.75) is 90.9 Å². The summed E-state index contributed by atoms with van der Waals surface area (Å²) in [4.78, 5) is 15.3. The van der Waals surface area contributed by atoms with Crippen LogP contribution in [0.4, 0.5) is 0 Å². The topological polar surface area (TPSA) is 75.4 Å². The molecule has 3 fully saturated rings. The SMILES string of the molecule is CC1=NC(CCON=C2C=C3CCC4C(CCC5(C)C(O)CCC45)C3(C)CC2)ON1. The highest BCUT2D eigenvalue weighted by Gasteiger charge is 2.58. The molecule has 0 spiro atoms. The minimum atomic E-state index is -0.167. The monoisotopic (exact) mass is 415 g/mol. The summed E-state index contributed by atoms with van der Waals surface area (Å²) in [5.74, 6) is 3.06. The Morgan fingerprint density at radius 2 is 2.07 bits per heavy atom. The van der Waals surface area contributed by atoms with Crippen LogP contribution in [0.25, 0.3) is 0 Å². The molecule has 1 aliphatic heterocycles. The number of nitrogens with one attached hydrogen (secondary N) is 1. The van der Waals surface area contributed by atoms with Crippen LogP contribution in [-0.4, -0.2) is 35.6 Å². The number of oxime groups is 1. The van der Waals surface area contributed by atoms with Gasteiger partial charge in [0.15, 0.2) is 6.23 Å². The highest BCUT2D eigenvalue weighted by molar-refractivity contribution is 5.96. The zero-order valence-corrected chi connectivity index (χ0v) is 18.7. The molecule has 0 radical (unpaired) electrons. The molecule has 7 unspecified atom stereocenters. The second-order valence-electron chi connectivity index (χ2n) is 10.7. The van der Waals surface area contributed by atoms with E-state index in [1.807, 2.05) is 6.92 Å². The van der Waals surface area contributed by atoms with E-state index < -0.39 is 0 Å².